The number of hydrogen-bond acceptors (Lipinski definition) is 3. The number of hydrogen-bond donors (Lipinski definition) is 0. The Labute approximate surface area is 102 Å². The smallest absolute Gasteiger partial charge is 0.341 e. The van der Waals surface area contributed by atoms with Crippen LogP contribution in [0.2, 0.25) is 5.02 Å². The molecule has 5 heteroatoms. The number of ether oxygens (including phenoxy) is 1. The molecule has 0 aliphatic carbocycles. The molecule has 3 nitrogen and oxygen atoms in total. The van der Waals surface area contributed by atoms with E-state index in [9.17, 15) is 9.18 Å². The Morgan fingerprint density at radius 1 is 1.53 bits per heavy atom. The molecule has 1 aromatic carbocycles. The largest absolute Gasteiger partial charge is 0.462 e. The second-order valence-corrected chi connectivity index (χ2v) is 3.80. The van der Waals surface area contributed by atoms with Gasteiger partial charge >= 0.3 is 5.97 Å². The monoisotopic (exact) mass is 253 g/mol. The van der Waals surface area contributed by atoms with Crippen LogP contribution in [0, 0.1) is 5.82 Å². The zero-order valence-corrected chi connectivity index (χ0v) is 9.79. The van der Waals surface area contributed by atoms with Crippen LogP contribution in [0.4, 0.5) is 4.39 Å². The van der Waals surface area contributed by atoms with Gasteiger partial charge in [0.25, 0.3) is 0 Å². The number of pyridine rings is 1. The highest BCUT2D eigenvalue weighted by Gasteiger charge is 2.17. The molecule has 1 aromatic heterocycles. The van der Waals surface area contributed by atoms with Gasteiger partial charge in [-0.1, -0.05) is 11.6 Å². The van der Waals surface area contributed by atoms with Crippen molar-refractivity contribution in [2.45, 2.75) is 6.92 Å². The second-order valence-electron chi connectivity index (χ2n) is 3.36. The number of benzene rings is 1. The van der Waals surface area contributed by atoms with Crippen LogP contribution in [0.25, 0.3) is 10.9 Å². The van der Waals surface area contributed by atoms with Crippen molar-refractivity contribution in [1.29, 1.82) is 0 Å². The fourth-order valence-corrected chi connectivity index (χ4v) is 1.72. The van der Waals surface area contributed by atoms with Crippen LogP contribution in [0.15, 0.2) is 24.4 Å². The fraction of sp³-hybridized carbons (Fsp3) is 0.167. The quantitative estimate of drug-likeness (QED) is 0.772. The Morgan fingerprint density at radius 2 is 2.29 bits per heavy atom. The molecule has 17 heavy (non-hydrogen) atoms. The molecule has 0 radical (unpaired) electrons. The van der Waals surface area contributed by atoms with E-state index in [0.717, 1.165) is 6.20 Å². The van der Waals surface area contributed by atoms with Crippen LogP contribution in [-0.4, -0.2) is 17.6 Å². The lowest BCUT2D eigenvalue weighted by Crippen LogP contribution is -2.08. The van der Waals surface area contributed by atoms with E-state index in [4.69, 9.17) is 16.3 Å². The number of carbonyl (C=O) groups excluding carboxylic acids is 1. The van der Waals surface area contributed by atoms with Crippen molar-refractivity contribution in [3.8, 4) is 0 Å². The number of rotatable bonds is 2. The van der Waals surface area contributed by atoms with E-state index in [1.165, 1.54) is 6.07 Å². The number of nitrogens with zero attached hydrogens (tertiary/aromatic N) is 1. The summed E-state index contributed by atoms with van der Waals surface area (Å²) in [5.74, 6) is -1.42. The van der Waals surface area contributed by atoms with Crippen molar-refractivity contribution >= 4 is 28.5 Å². The lowest BCUT2D eigenvalue weighted by molar-refractivity contribution is 0.0523. The summed E-state index contributed by atoms with van der Waals surface area (Å²) in [7, 11) is 0. The van der Waals surface area contributed by atoms with Gasteiger partial charge in [0.05, 0.1) is 18.3 Å². The Bertz CT molecular complexity index is 581. The Kier molecular flexibility index (Phi) is 3.24. The summed E-state index contributed by atoms with van der Waals surface area (Å²) >= 11 is 5.82. The Balaban J connectivity index is 2.70. The molecule has 88 valence electrons. The third-order valence-corrected chi connectivity index (χ3v) is 2.50. The molecule has 0 aliphatic rings. The summed E-state index contributed by atoms with van der Waals surface area (Å²) in [5, 5.41) is 0.770. The molecule has 0 atom stereocenters. The van der Waals surface area contributed by atoms with Crippen molar-refractivity contribution in [2.24, 2.45) is 0 Å². The number of halogens is 2. The lowest BCUT2D eigenvalue weighted by Gasteiger charge is -2.07. The van der Waals surface area contributed by atoms with Gasteiger partial charge in [-0.15, -0.1) is 0 Å². The van der Waals surface area contributed by atoms with Crippen molar-refractivity contribution in [2.75, 3.05) is 6.61 Å². The second kappa shape index (κ2) is 4.67. The van der Waals surface area contributed by atoms with Crippen molar-refractivity contribution in [3.05, 3.63) is 40.8 Å². The number of fused-ring (bicyclic) bond motifs is 1. The van der Waals surface area contributed by atoms with Gasteiger partial charge in [0, 0.05) is 10.4 Å². The topological polar surface area (TPSA) is 39.2 Å². The molecule has 0 fully saturated rings. The van der Waals surface area contributed by atoms with Crippen LogP contribution in [0.5, 0.6) is 0 Å². The molecule has 0 spiro atoms. The average molecular weight is 254 g/mol. The minimum Gasteiger partial charge on any atom is -0.462 e. The van der Waals surface area contributed by atoms with Gasteiger partial charge in [0.15, 0.2) is 5.82 Å². The van der Waals surface area contributed by atoms with Gasteiger partial charge in [-0.05, 0) is 25.1 Å². The van der Waals surface area contributed by atoms with Crippen molar-refractivity contribution in [1.82, 2.24) is 4.98 Å². The van der Waals surface area contributed by atoms with Crippen LogP contribution in [-0.2, 0) is 4.74 Å². The number of carbonyl (C=O) groups is 1. The van der Waals surface area contributed by atoms with E-state index in [2.05, 4.69) is 4.98 Å². The normalized spacial score (nSPS) is 10.5. The van der Waals surface area contributed by atoms with Crippen molar-refractivity contribution < 1.29 is 13.9 Å². The van der Waals surface area contributed by atoms with E-state index in [0.29, 0.717) is 15.9 Å². The molecular weight excluding hydrogens is 245 g/mol. The highest BCUT2D eigenvalue weighted by Crippen LogP contribution is 2.23. The van der Waals surface area contributed by atoms with Crippen molar-refractivity contribution in [3.63, 3.8) is 0 Å². The summed E-state index contributed by atoms with van der Waals surface area (Å²) < 4.78 is 18.4. The lowest BCUT2D eigenvalue weighted by atomic mass is 10.1. The minimum absolute atomic E-state index is 0.126. The molecule has 1 heterocycles. The van der Waals surface area contributed by atoms with Gasteiger partial charge < -0.3 is 4.74 Å². The molecule has 2 aromatic rings. The molecule has 0 saturated heterocycles. The first kappa shape index (κ1) is 11.8. The third-order valence-electron chi connectivity index (χ3n) is 2.26. The van der Waals surface area contributed by atoms with Crippen LogP contribution >= 0.6 is 11.6 Å². The Hall–Kier alpha value is -1.68. The van der Waals surface area contributed by atoms with Gasteiger partial charge in [-0.2, -0.15) is 0 Å². The van der Waals surface area contributed by atoms with Gasteiger partial charge in [0.2, 0.25) is 0 Å². The molecule has 2 rings (SSSR count). The fourth-order valence-electron chi connectivity index (χ4n) is 1.55. The Morgan fingerprint density at radius 3 is 3.00 bits per heavy atom. The molecule has 0 saturated carbocycles. The van der Waals surface area contributed by atoms with E-state index >= 15 is 0 Å². The van der Waals surface area contributed by atoms with E-state index < -0.39 is 11.8 Å². The van der Waals surface area contributed by atoms with E-state index in [1.54, 1.807) is 19.1 Å². The third kappa shape index (κ3) is 2.22. The maximum Gasteiger partial charge on any atom is 0.341 e. The van der Waals surface area contributed by atoms with Crippen LogP contribution in [0.1, 0.15) is 17.3 Å². The molecule has 0 unspecified atom stereocenters. The van der Waals surface area contributed by atoms with Gasteiger partial charge in [-0.25, -0.2) is 9.18 Å². The predicted molar refractivity (Wildman–Crippen MR) is 62.7 cm³/mol. The minimum atomic E-state index is -0.710. The molecular formula is C12H9ClFNO2. The maximum absolute atomic E-state index is 13.6. The maximum atomic E-state index is 13.6. The molecule has 0 bridgehead atoms. The van der Waals surface area contributed by atoms with E-state index in [1.807, 2.05) is 0 Å². The van der Waals surface area contributed by atoms with Gasteiger partial charge in [-0.3, -0.25) is 4.98 Å². The summed E-state index contributed by atoms with van der Waals surface area (Å²) in [6.45, 7) is 1.84. The SMILES string of the molecule is CCOC(=O)c1c(F)cnc2ccc(Cl)cc12. The molecule has 0 N–H and O–H groups in total. The average Bonchev–Trinajstić information content (AvgIpc) is 2.28. The van der Waals surface area contributed by atoms with Crippen LogP contribution < -0.4 is 0 Å². The highest BCUT2D eigenvalue weighted by atomic mass is 35.5. The summed E-state index contributed by atoms with van der Waals surface area (Å²) in [5.41, 5.74) is 0.373. The first-order chi connectivity index (χ1) is 8.13. The first-order valence-corrected chi connectivity index (χ1v) is 5.42. The first-order valence-electron chi connectivity index (χ1n) is 5.04. The van der Waals surface area contributed by atoms with E-state index in [-0.39, 0.29) is 12.2 Å². The number of aromatic nitrogens is 1. The zero-order chi connectivity index (χ0) is 12.4. The number of esters is 1. The van der Waals surface area contributed by atoms with Gasteiger partial charge in [0.1, 0.15) is 5.56 Å². The van der Waals surface area contributed by atoms with Crippen LogP contribution in [0.3, 0.4) is 0 Å². The standard InChI is InChI=1S/C12H9ClFNO2/c1-2-17-12(16)11-8-5-7(13)3-4-10(8)15-6-9(11)14/h3-6H,2H2,1H3. The molecule has 0 aliphatic heterocycles. The zero-order valence-electron chi connectivity index (χ0n) is 9.04. The summed E-state index contributed by atoms with van der Waals surface area (Å²) in [6.07, 6.45) is 1.00. The molecule has 0 amide bonds. The summed E-state index contributed by atoms with van der Waals surface area (Å²) in [4.78, 5) is 15.5. The highest BCUT2D eigenvalue weighted by molar-refractivity contribution is 6.31. The predicted octanol–water partition coefficient (Wildman–Crippen LogP) is 3.20. The summed E-state index contributed by atoms with van der Waals surface area (Å²) in [6, 6.07) is 4.75.